The van der Waals surface area contributed by atoms with Crippen LogP contribution in [-0.2, 0) is 0 Å². The summed E-state index contributed by atoms with van der Waals surface area (Å²) in [6.45, 7) is 4.03. The topological polar surface area (TPSA) is 18.5 Å². The Balaban J connectivity index is 2.73. The maximum absolute atomic E-state index is 14.3. The van der Waals surface area contributed by atoms with Crippen LogP contribution < -0.4 is 9.47 Å². The van der Waals surface area contributed by atoms with Crippen LogP contribution in [0.2, 0.25) is 0 Å². The predicted octanol–water partition coefficient (Wildman–Crippen LogP) is 4.43. The first-order valence-corrected chi connectivity index (χ1v) is 6.51. The molecule has 2 rings (SSSR count). The number of ether oxygens (including phenoxy) is 2. The van der Waals surface area contributed by atoms with Gasteiger partial charge in [-0.1, -0.05) is 19.9 Å². The summed E-state index contributed by atoms with van der Waals surface area (Å²) in [6.07, 6.45) is 0. The van der Waals surface area contributed by atoms with Gasteiger partial charge in [0.2, 0.25) is 0 Å². The van der Waals surface area contributed by atoms with Crippen LogP contribution in [0.4, 0.5) is 4.39 Å². The summed E-state index contributed by atoms with van der Waals surface area (Å²) < 4.78 is 24.9. The molecule has 2 nitrogen and oxygen atoms in total. The molecule has 0 heterocycles. The monoisotopic (exact) mass is 273 g/mol. The molecule has 0 N–H and O–H groups in total. The minimum atomic E-state index is -0.279. The Morgan fingerprint density at radius 3 is 2.45 bits per heavy atom. The molecule has 0 saturated heterocycles. The molecule has 0 aromatic heterocycles. The van der Waals surface area contributed by atoms with Gasteiger partial charge in [-0.05, 0) is 41.8 Å². The smallest absolute Gasteiger partial charge is 0.131 e. The largest absolute Gasteiger partial charge is 0.497 e. The zero-order valence-electron chi connectivity index (χ0n) is 12.2. The SMILES string of the molecule is COc1ccc(OC)c(-c2c(C(C)C)[c]ccc2F)c1. The van der Waals surface area contributed by atoms with Gasteiger partial charge in [0, 0.05) is 11.1 Å². The van der Waals surface area contributed by atoms with E-state index in [0.717, 1.165) is 5.56 Å². The molecule has 0 unspecified atom stereocenters. The van der Waals surface area contributed by atoms with E-state index in [2.05, 4.69) is 6.07 Å². The highest BCUT2D eigenvalue weighted by atomic mass is 19.1. The molecule has 0 aliphatic heterocycles. The second kappa shape index (κ2) is 5.95. The van der Waals surface area contributed by atoms with Gasteiger partial charge in [-0.25, -0.2) is 4.39 Å². The van der Waals surface area contributed by atoms with Crippen molar-refractivity contribution in [3.05, 3.63) is 47.8 Å². The first-order chi connectivity index (χ1) is 9.58. The number of hydrogen-bond acceptors (Lipinski definition) is 2. The first kappa shape index (κ1) is 14.4. The molecule has 3 heteroatoms. The average molecular weight is 273 g/mol. The Hall–Kier alpha value is -2.03. The van der Waals surface area contributed by atoms with E-state index in [1.54, 1.807) is 38.5 Å². The lowest BCUT2D eigenvalue weighted by atomic mass is 9.91. The third kappa shape index (κ3) is 2.62. The van der Waals surface area contributed by atoms with Crippen LogP contribution in [-0.4, -0.2) is 14.2 Å². The van der Waals surface area contributed by atoms with Gasteiger partial charge in [-0.2, -0.15) is 0 Å². The summed E-state index contributed by atoms with van der Waals surface area (Å²) >= 11 is 0. The van der Waals surface area contributed by atoms with Crippen molar-refractivity contribution in [1.82, 2.24) is 0 Å². The molecule has 20 heavy (non-hydrogen) atoms. The summed E-state index contributed by atoms with van der Waals surface area (Å²) in [5.41, 5.74) is 2.04. The fourth-order valence-corrected chi connectivity index (χ4v) is 2.23. The summed E-state index contributed by atoms with van der Waals surface area (Å²) in [4.78, 5) is 0. The second-order valence-corrected chi connectivity index (χ2v) is 4.84. The van der Waals surface area contributed by atoms with Crippen molar-refractivity contribution in [2.24, 2.45) is 0 Å². The fraction of sp³-hybridized carbons (Fsp3) is 0.294. The maximum Gasteiger partial charge on any atom is 0.131 e. The van der Waals surface area contributed by atoms with E-state index in [1.807, 2.05) is 13.8 Å². The fourth-order valence-electron chi connectivity index (χ4n) is 2.23. The summed E-state index contributed by atoms with van der Waals surface area (Å²) in [7, 11) is 3.16. The van der Waals surface area contributed by atoms with Crippen molar-refractivity contribution < 1.29 is 13.9 Å². The lowest BCUT2D eigenvalue weighted by molar-refractivity contribution is 0.404. The Kier molecular flexibility index (Phi) is 4.28. The first-order valence-electron chi connectivity index (χ1n) is 6.51. The van der Waals surface area contributed by atoms with Gasteiger partial charge in [0.05, 0.1) is 14.2 Å². The molecule has 1 radical (unpaired) electrons. The van der Waals surface area contributed by atoms with E-state index in [1.165, 1.54) is 6.07 Å². The summed E-state index contributed by atoms with van der Waals surface area (Å²) in [6, 6.07) is 11.5. The van der Waals surface area contributed by atoms with Crippen LogP contribution in [0.1, 0.15) is 25.3 Å². The van der Waals surface area contributed by atoms with Crippen LogP contribution in [0.3, 0.4) is 0 Å². The molecule has 0 aliphatic carbocycles. The summed E-state index contributed by atoms with van der Waals surface area (Å²) in [5, 5.41) is 0. The van der Waals surface area contributed by atoms with Gasteiger partial charge in [0.15, 0.2) is 0 Å². The number of rotatable bonds is 4. The van der Waals surface area contributed by atoms with Gasteiger partial charge in [-0.15, -0.1) is 0 Å². The Labute approximate surface area is 119 Å². The third-order valence-corrected chi connectivity index (χ3v) is 3.23. The number of methoxy groups -OCH3 is 2. The molecular weight excluding hydrogens is 255 g/mol. The summed E-state index contributed by atoms with van der Waals surface area (Å²) in [5.74, 6) is 1.17. The van der Waals surface area contributed by atoms with Gasteiger partial charge in [0.25, 0.3) is 0 Å². The molecule has 0 fully saturated rings. The molecule has 0 bridgehead atoms. The standard InChI is InChI=1S/C17H18FO2/c1-11(2)13-6-5-7-15(18)17(13)14-10-12(19-3)8-9-16(14)20-4/h5,7-11H,1-4H3. The van der Waals surface area contributed by atoms with Crippen LogP contribution >= 0.6 is 0 Å². The molecule has 0 atom stereocenters. The lowest BCUT2D eigenvalue weighted by Crippen LogP contribution is -1.98. The van der Waals surface area contributed by atoms with Gasteiger partial charge in [-0.3, -0.25) is 0 Å². The van der Waals surface area contributed by atoms with Crippen LogP contribution in [0.25, 0.3) is 11.1 Å². The third-order valence-electron chi connectivity index (χ3n) is 3.23. The maximum atomic E-state index is 14.3. The molecule has 2 aromatic rings. The van der Waals surface area contributed by atoms with Crippen molar-refractivity contribution in [2.45, 2.75) is 19.8 Å². The van der Waals surface area contributed by atoms with Crippen molar-refractivity contribution in [2.75, 3.05) is 14.2 Å². The Morgan fingerprint density at radius 1 is 1.10 bits per heavy atom. The molecule has 0 saturated carbocycles. The highest BCUT2D eigenvalue weighted by Gasteiger charge is 2.17. The lowest BCUT2D eigenvalue weighted by Gasteiger charge is -2.16. The second-order valence-electron chi connectivity index (χ2n) is 4.84. The molecule has 0 amide bonds. The predicted molar refractivity (Wildman–Crippen MR) is 77.9 cm³/mol. The van der Waals surface area contributed by atoms with E-state index < -0.39 is 0 Å². The normalized spacial score (nSPS) is 10.7. The van der Waals surface area contributed by atoms with Gasteiger partial charge in [0.1, 0.15) is 17.3 Å². The quantitative estimate of drug-likeness (QED) is 0.820. The zero-order valence-corrected chi connectivity index (χ0v) is 12.2. The highest BCUT2D eigenvalue weighted by Crippen LogP contribution is 2.38. The zero-order chi connectivity index (χ0) is 14.7. The average Bonchev–Trinajstić information content (AvgIpc) is 2.46. The van der Waals surface area contributed by atoms with E-state index in [-0.39, 0.29) is 11.7 Å². The minimum Gasteiger partial charge on any atom is -0.497 e. The van der Waals surface area contributed by atoms with E-state index in [0.29, 0.717) is 22.6 Å². The van der Waals surface area contributed by atoms with Crippen molar-refractivity contribution in [3.8, 4) is 22.6 Å². The van der Waals surface area contributed by atoms with Crippen LogP contribution in [0.15, 0.2) is 30.3 Å². The van der Waals surface area contributed by atoms with Gasteiger partial charge < -0.3 is 9.47 Å². The van der Waals surface area contributed by atoms with E-state index in [9.17, 15) is 4.39 Å². The van der Waals surface area contributed by atoms with Crippen molar-refractivity contribution in [1.29, 1.82) is 0 Å². The van der Waals surface area contributed by atoms with Crippen LogP contribution in [0.5, 0.6) is 11.5 Å². The highest BCUT2D eigenvalue weighted by molar-refractivity contribution is 5.75. The molecule has 0 spiro atoms. The van der Waals surface area contributed by atoms with E-state index >= 15 is 0 Å². The molecular formula is C17H18FO2. The van der Waals surface area contributed by atoms with E-state index in [4.69, 9.17) is 9.47 Å². The van der Waals surface area contributed by atoms with Crippen molar-refractivity contribution in [3.63, 3.8) is 0 Å². The minimum absolute atomic E-state index is 0.164. The molecule has 2 aromatic carbocycles. The number of benzene rings is 2. The molecule has 0 aliphatic rings. The Bertz CT molecular complexity index is 606. The van der Waals surface area contributed by atoms with Crippen LogP contribution in [0, 0.1) is 11.9 Å². The Morgan fingerprint density at radius 2 is 1.85 bits per heavy atom. The molecule has 105 valence electrons. The van der Waals surface area contributed by atoms with Gasteiger partial charge >= 0.3 is 0 Å². The number of halogens is 1. The van der Waals surface area contributed by atoms with Crippen molar-refractivity contribution >= 4 is 0 Å². The number of hydrogen-bond donors (Lipinski definition) is 0.